The lowest BCUT2D eigenvalue weighted by atomic mass is 10.1. The van der Waals surface area contributed by atoms with Crippen LogP contribution in [0.1, 0.15) is 25.0 Å². The number of nitrogens with zero attached hydrogens (tertiary/aromatic N) is 2. The van der Waals surface area contributed by atoms with E-state index in [0.717, 1.165) is 37.4 Å². The Bertz CT molecular complexity index is 522. The van der Waals surface area contributed by atoms with E-state index in [-0.39, 0.29) is 0 Å². The van der Waals surface area contributed by atoms with Gasteiger partial charge in [-0.25, -0.2) is 4.98 Å². The summed E-state index contributed by atoms with van der Waals surface area (Å²) in [6.07, 6.45) is 8.71. The molecule has 0 atom stereocenters. The van der Waals surface area contributed by atoms with E-state index < -0.39 is 0 Å². The molecular formula is C17H25N3S. The number of rotatable bonds is 9. The molecule has 0 radical (unpaired) electrons. The smallest absolute Gasteiger partial charge is 0.0956 e. The molecule has 2 N–H and O–H groups in total. The highest BCUT2D eigenvalue weighted by Gasteiger charge is 2.12. The van der Waals surface area contributed by atoms with Gasteiger partial charge in [-0.3, -0.25) is 0 Å². The fraction of sp³-hybridized carbons (Fsp3) is 0.471. The van der Waals surface area contributed by atoms with Crippen LogP contribution in [-0.2, 0) is 13.0 Å². The normalized spacial score (nSPS) is 11.0. The predicted octanol–water partition coefficient (Wildman–Crippen LogP) is 3.58. The second-order valence-electron chi connectivity index (χ2n) is 5.19. The number of aromatic nitrogens is 2. The summed E-state index contributed by atoms with van der Waals surface area (Å²) in [7, 11) is 0. The van der Waals surface area contributed by atoms with Crippen LogP contribution in [0.25, 0.3) is 11.3 Å². The average molecular weight is 303 g/mol. The van der Waals surface area contributed by atoms with Gasteiger partial charge in [0.05, 0.1) is 12.0 Å². The molecule has 114 valence electrons. The quantitative estimate of drug-likeness (QED) is 0.720. The van der Waals surface area contributed by atoms with Crippen LogP contribution < -0.4 is 5.73 Å². The molecule has 4 heteroatoms. The molecule has 0 aliphatic carbocycles. The van der Waals surface area contributed by atoms with Gasteiger partial charge in [0, 0.05) is 17.8 Å². The third-order valence-corrected chi connectivity index (χ3v) is 4.25. The van der Waals surface area contributed by atoms with Crippen molar-refractivity contribution in [1.82, 2.24) is 9.55 Å². The molecule has 0 bridgehead atoms. The summed E-state index contributed by atoms with van der Waals surface area (Å²) < 4.78 is 2.33. The first-order valence-electron chi connectivity index (χ1n) is 7.65. The van der Waals surface area contributed by atoms with Crippen molar-refractivity contribution < 1.29 is 0 Å². The number of unbranched alkanes of at least 4 members (excludes halogenated alkanes) is 2. The maximum atomic E-state index is 5.56. The van der Waals surface area contributed by atoms with E-state index in [9.17, 15) is 0 Å². The first-order chi connectivity index (χ1) is 10.4. The number of nitrogens with two attached hydrogens (primary N) is 1. The monoisotopic (exact) mass is 303 g/mol. The van der Waals surface area contributed by atoms with Crippen molar-refractivity contribution in [3.63, 3.8) is 0 Å². The molecule has 2 rings (SSSR count). The summed E-state index contributed by atoms with van der Waals surface area (Å²) in [5.41, 5.74) is 9.29. The van der Waals surface area contributed by atoms with Crippen LogP contribution in [0.15, 0.2) is 36.7 Å². The van der Waals surface area contributed by atoms with Crippen molar-refractivity contribution in [3.8, 4) is 11.3 Å². The summed E-state index contributed by atoms with van der Waals surface area (Å²) in [6, 6.07) is 10.5. The number of hydrogen-bond donors (Lipinski definition) is 1. The summed E-state index contributed by atoms with van der Waals surface area (Å²) in [6.45, 7) is 1.84. The molecule has 0 saturated heterocycles. The Labute approximate surface area is 132 Å². The van der Waals surface area contributed by atoms with E-state index >= 15 is 0 Å². The summed E-state index contributed by atoms with van der Waals surface area (Å²) in [4.78, 5) is 4.67. The van der Waals surface area contributed by atoms with Crippen molar-refractivity contribution in [1.29, 1.82) is 0 Å². The molecule has 0 amide bonds. The minimum absolute atomic E-state index is 0.790. The highest BCUT2D eigenvalue weighted by molar-refractivity contribution is 7.98. The topological polar surface area (TPSA) is 43.8 Å². The predicted molar refractivity (Wildman–Crippen MR) is 92.7 cm³/mol. The minimum atomic E-state index is 0.790. The lowest BCUT2D eigenvalue weighted by molar-refractivity contribution is 0.577. The Morgan fingerprint density at radius 2 is 1.95 bits per heavy atom. The molecule has 2 aromatic rings. The number of imidazole rings is 1. The molecule has 0 spiro atoms. The molecule has 1 heterocycles. The minimum Gasteiger partial charge on any atom is -0.334 e. The molecule has 21 heavy (non-hydrogen) atoms. The zero-order valence-electron chi connectivity index (χ0n) is 12.8. The third kappa shape index (κ3) is 4.61. The Hall–Kier alpha value is -1.26. The Morgan fingerprint density at radius 1 is 1.14 bits per heavy atom. The fourth-order valence-corrected chi connectivity index (χ4v) is 2.90. The lowest BCUT2D eigenvalue weighted by Gasteiger charge is -2.10. The van der Waals surface area contributed by atoms with Gasteiger partial charge in [-0.05, 0) is 37.8 Å². The second kappa shape index (κ2) is 8.90. The SMILES string of the molecule is CSCCc1c(-c2ccccc2)ncn1CCCCCN. The fourth-order valence-electron chi connectivity index (χ4n) is 2.50. The second-order valence-corrected chi connectivity index (χ2v) is 6.18. The maximum Gasteiger partial charge on any atom is 0.0956 e. The van der Waals surface area contributed by atoms with Gasteiger partial charge in [-0.15, -0.1) is 0 Å². The summed E-state index contributed by atoms with van der Waals surface area (Å²) in [5, 5.41) is 0. The molecule has 0 saturated carbocycles. The first-order valence-corrected chi connectivity index (χ1v) is 9.04. The first kappa shape index (κ1) is 16.1. The van der Waals surface area contributed by atoms with E-state index in [1.165, 1.54) is 24.1 Å². The van der Waals surface area contributed by atoms with Crippen LogP contribution in [0.4, 0.5) is 0 Å². The van der Waals surface area contributed by atoms with E-state index in [1.54, 1.807) is 0 Å². The van der Waals surface area contributed by atoms with Gasteiger partial charge < -0.3 is 10.3 Å². The summed E-state index contributed by atoms with van der Waals surface area (Å²) in [5.74, 6) is 1.13. The van der Waals surface area contributed by atoms with Gasteiger partial charge in [0.2, 0.25) is 0 Å². The lowest BCUT2D eigenvalue weighted by Crippen LogP contribution is -2.05. The van der Waals surface area contributed by atoms with Crippen molar-refractivity contribution in [3.05, 3.63) is 42.4 Å². The van der Waals surface area contributed by atoms with Crippen molar-refractivity contribution in [2.24, 2.45) is 5.73 Å². The molecule has 3 nitrogen and oxygen atoms in total. The van der Waals surface area contributed by atoms with Crippen LogP contribution in [-0.4, -0.2) is 28.1 Å². The van der Waals surface area contributed by atoms with Gasteiger partial charge in [0.15, 0.2) is 0 Å². The molecule has 0 aliphatic rings. The highest BCUT2D eigenvalue weighted by atomic mass is 32.2. The van der Waals surface area contributed by atoms with Crippen LogP contribution in [0.5, 0.6) is 0 Å². The highest BCUT2D eigenvalue weighted by Crippen LogP contribution is 2.23. The van der Waals surface area contributed by atoms with Crippen LogP contribution in [0.2, 0.25) is 0 Å². The zero-order chi connectivity index (χ0) is 14.9. The van der Waals surface area contributed by atoms with E-state index in [4.69, 9.17) is 5.73 Å². The average Bonchev–Trinajstić information content (AvgIpc) is 2.93. The zero-order valence-corrected chi connectivity index (χ0v) is 13.6. The summed E-state index contributed by atoms with van der Waals surface area (Å²) >= 11 is 1.89. The van der Waals surface area contributed by atoms with Crippen molar-refractivity contribution >= 4 is 11.8 Å². The number of hydrogen-bond acceptors (Lipinski definition) is 3. The number of aryl methyl sites for hydroxylation is 1. The largest absolute Gasteiger partial charge is 0.334 e. The Kier molecular flexibility index (Phi) is 6.83. The molecule has 0 unspecified atom stereocenters. The van der Waals surface area contributed by atoms with E-state index in [1.807, 2.05) is 18.1 Å². The van der Waals surface area contributed by atoms with Crippen LogP contribution >= 0.6 is 11.8 Å². The van der Waals surface area contributed by atoms with Crippen LogP contribution in [0.3, 0.4) is 0 Å². The number of benzene rings is 1. The molecule has 0 aliphatic heterocycles. The van der Waals surface area contributed by atoms with Gasteiger partial charge in [0.1, 0.15) is 0 Å². The Balaban J connectivity index is 2.15. The third-order valence-electron chi connectivity index (χ3n) is 3.64. The van der Waals surface area contributed by atoms with Crippen molar-refractivity contribution in [2.75, 3.05) is 18.6 Å². The Morgan fingerprint density at radius 3 is 2.67 bits per heavy atom. The van der Waals surface area contributed by atoms with Crippen molar-refractivity contribution in [2.45, 2.75) is 32.2 Å². The molecular weight excluding hydrogens is 278 g/mol. The van der Waals surface area contributed by atoms with Gasteiger partial charge >= 0.3 is 0 Å². The maximum absolute atomic E-state index is 5.56. The van der Waals surface area contributed by atoms with Gasteiger partial charge in [0.25, 0.3) is 0 Å². The molecule has 1 aromatic carbocycles. The van der Waals surface area contributed by atoms with Crippen LogP contribution in [0, 0.1) is 0 Å². The van der Waals surface area contributed by atoms with E-state index in [0.29, 0.717) is 0 Å². The molecule has 0 fully saturated rings. The molecule has 1 aromatic heterocycles. The standard InChI is InChI=1S/C17H25N3S/c1-21-13-10-16-17(15-8-4-2-5-9-15)19-14-20(16)12-7-3-6-11-18/h2,4-5,8-9,14H,3,6-7,10-13,18H2,1H3. The van der Waals surface area contributed by atoms with Gasteiger partial charge in [-0.2, -0.15) is 11.8 Å². The van der Waals surface area contributed by atoms with E-state index in [2.05, 4.69) is 46.1 Å². The number of thioether (sulfide) groups is 1. The van der Waals surface area contributed by atoms with Gasteiger partial charge in [-0.1, -0.05) is 36.8 Å².